The van der Waals surface area contributed by atoms with Gasteiger partial charge in [-0.15, -0.1) is 0 Å². The third-order valence-electron chi connectivity index (χ3n) is 2.45. The predicted octanol–water partition coefficient (Wildman–Crippen LogP) is 1.84. The van der Waals surface area contributed by atoms with Gasteiger partial charge >= 0.3 is 0 Å². The van der Waals surface area contributed by atoms with Crippen LogP contribution in [0.5, 0.6) is 0 Å². The summed E-state index contributed by atoms with van der Waals surface area (Å²) in [5, 5.41) is 2.68. The van der Waals surface area contributed by atoms with Gasteiger partial charge in [0.2, 0.25) is 11.9 Å². The number of anilines is 1. The summed E-state index contributed by atoms with van der Waals surface area (Å²) in [4.78, 5) is 28.2. The molecule has 2 aromatic heterocycles. The molecule has 6 heteroatoms. The number of pyridine rings is 1. The first-order chi connectivity index (χ1) is 9.06. The second kappa shape index (κ2) is 5.51. The minimum Gasteiger partial charge on any atom is -0.294 e. The molecule has 0 aromatic carbocycles. The van der Waals surface area contributed by atoms with Crippen LogP contribution in [0.1, 0.15) is 19.7 Å². The Balaban J connectivity index is 2.33. The number of amides is 1. The van der Waals surface area contributed by atoms with Crippen molar-refractivity contribution in [1.82, 2.24) is 19.9 Å². The zero-order valence-corrected chi connectivity index (χ0v) is 11.1. The highest BCUT2D eigenvalue weighted by Crippen LogP contribution is 2.15. The van der Waals surface area contributed by atoms with Crippen LogP contribution in [0.4, 0.5) is 5.95 Å². The summed E-state index contributed by atoms with van der Waals surface area (Å²) < 4.78 is 0. The van der Waals surface area contributed by atoms with E-state index < -0.39 is 0 Å². The second-order valence-electron chi connectivity index (χ2n) is 4.41. The first-order valence-corrected chi connectivity index (χ1v) is 6.00. The Bertz CT molecular complexity index is 583. The molecule has 0 fully saturated rings. The molecule has 0 aliphatic heterocycles. The van der Waals surface area contributed by atoms with Crippen LogP contribution < -0.4 is 5.32 Å². The Morgan fingerprint density at radius 2 is 1.84 bits per heavy atom. The molecule has 0 unspecified atom stereocenters. The van der Waals surface area contributed by atoms with Crippen molar-refractivity contribution in [3.63, 3.8) is 0 Å². The summed E-state index contributed by atoms with van der Waals surface area (Å²) in [5.41, 5.74) is 0.834. The molecule has 1 N–H and O–H groups in total. The van der Waals surface area contributed by atoms with Gasteiger partial charge < -0.3 is 0 Å². The average molecular weight is 257 g/mol. The second-order valence-corrected chi connectivity index (χ2v) is 4.41. The topological polar surface area (TPSA) is 80.7 Å². The minimum atomic E-state index is -0.124. The minimum absolute atomic E-state index is 0.119. The van der Waals surface area contributed by atoms with Gasteiger partial charge in [0.15, 0.2) is 5.82 Å². The zero-order chi connectivity index (χ0) is 13.8. The molecule has 0 aliphatic rings. The molecule has 1 amide bonds. The van der Waals surface area contributed by atoms with E-state index in [0.29, 0.717) is 11.6 Å². The quantitative estimate of drug-likeness (QED) is 0.907. The molecular formula is C13H15N5O. The molecule has 0 bridgehead atoms. The number of aromatic nitrogens is 4. The van der Waals surface area contributed by atoms with Crippen molar-refractivity contribution in [2.45, 2.75) is 20.8 Å². The number of nitrogens with zero attached hydrogens (tertiary/aromatic N) is 4. The SMILES string of the molecule is Cc1nc(NC(=O)C(C)C)nc(-c2ccncc2)n1. The normalized spacial score (nSPS) is 10.5. The molecule has 0 radical (unpaired) electrons. The number of nitrogens with one attached hydrogen (secondary N) is 1. The summed E-state index contributed by atoms with van der Waals surface area (Å²) in [6, 6.07) is 3.62. The highest BCUT2D eigenvalue weighted by atomic mass is 16.1. The number of hydrogen-bond acceptors (Lipinski definition) is 5. The van der Waals surface area contributed by atoms with E-state index in [4.69, 9.17) is 0 Å². The van der Waals surface area contributed by atoms with Gasteiger partial charge in [0.1, 0.15) is 5.82 Å². The Labute approximate surface area is 111 Å². The third-order valence-corrected chi connectivity index (χ3v) is 2.45. The van der Waals surface area contributed by atoms with E-state index in [1.165, 1.54) is 0 Å². The number of hydrogen-bond donors (Lipinski definition) is 1. The van der Waals surface area contributed by atoms with Crippen molar-refractivity contribution in [2.75, 3.05) is 5.32 Å². The largest absolute Gasteiger partial charge is 0.294 e. The fraction of sp³-hybridized carbons (Fsp3) is 0.308. The van der Waals surface area contributed by atoms with Crippen LogP contribution >= 0.6 is 0 Å². The number of aryl methyl sites for hydroxylation is 1. The van der Waals surface area contributed by atoms with Gasteiger partial charge in [0.25, 0.3) is 0 Å². The first kappa shape index (κ1) is 13.1. The van der Waals surface area contributed by atoms with Crippen molar-refractivity contribution in [3.05, 3.63) is 30.4 Å². The summed E-state index contributed by atoms with van der Waals surface area (Å²) in [7, 11) is 0. The Morgan fingerprint density at radius 3 is 2.47 bits per heavy atom. The van der Waals surface area contributed by atoms with E-state index in [0.717, 1.165) is 5.56 Å². The van der Waals surface area contributed by atoms with Crippen molar-refractivity contribution >= 4 is 11.9 Å². The Kier molecular flexibility index (Phi) is 3.79. The summed E-state index contributed by atoms with van der Waals surface area (Å²) in [6.45, 7) is 5.39. The van der Waals surface area contributed by atoms with Crippen LogP contribution in [0.3, 0.4) is 0 Å². The lowest BCUT2D eigenvalue weighted by molar-refractivity contribution is -0.118. The highest BCUT2D eigenvalue weighted by molar-refractivity contribution is 5.90. The molecule has 0 aliphatic carbocycles. The van der Waals surface area contributed by atoms with Crippen LogP contribution in [-0.2, 0) is 4.79 Å². The van der Waals surface area contributed by atoms with Gasteiger partial charge in [-0.05, 0) is 19.1 Å². The molecule has 19 heavy (non-hydrogen) atoms. The molecule has 6 nitrogen and oxygen atoms in total. The first-order valence-electron chi connectivity index (χ1n) is 6.00. The maximum absolute atomic E-state index is 11.6. The number of carbonyl (C=O) groups is 1. The Hall–Kier alpha value is -2.37. The van der Waals surface area contributed by atoms with E-state index in [9.17, 15) is 4.79 Å². The molecule has 0 atom stereocenters. The van der Waals surface area contributed by atoms with Gasteiger partial charge in [-0.25, -0.2) is 4.98 Å². The lowest BCUT2D eigenvalue weighted by atomic mass is 10.2. The molecule has 0 spiro atoms. The van der Waals surface area contributed by atoms with E-state index in [1.54, 1.807) is 19.3 Å². The molecule has 0 saturated heterocycles. The maximum Gasteiger partial charge on any atom is 0.233 e. The van der Waals surface area contributed by atoms with Gasteiger partial charge in [-0.1, -0.05) is 13.8 Å². The monoisotopic (exact) mass is 257 g/mol. The summed E-state index contributed by atoms with van der Waals surface area (Å²) in [5.74, 6) is 1.11. The van der Waals surface area contributed by atoms with Crippen molar-refractivity contribution < 1.29 is 4.79 Å². The fourth-order valence-corrected chi connectivity index (χ4v) is 1.42. The maximum atomic E-state index is 11.6. The van der Waals surface area contributed by atoms with Crippen LogP contribution in [0, 0.1) is 12.8 Å². The Morgan fingerprint density at radius 1 is 1.16 bits per heavy atom. The molecular weight excluding hydrogens is 242 g/mol. The molecule has 98 valence electrons. The summed E-state index contributed by atoms with van der Waals surface area (Å²) >= 11 is 0. The van der Waals surface area contributed by atoms with Gasteiger partial charge in [0, 0.05) is 23.9 Å². The lowest BCUT2D eigenvalue weighted by Crippen LogP contribution is -2.20. The van der Waals surface area contributed by atoms with Crippen molar-refractivity contribution in [2.24, 2.45) is 5.92 Å². The van der Waals surface area contributed by atoms with E-state index in [1.807, 2.05) is 26.0 Å². The average Bonchev–Trinajstić information content (AvgIpc) is 2.39. The standard InChI is InChI=1S/C13H15N5O/c1-8(2)12(19)18-13-16-9(3)15-11(17-13)10-4-6-14-7-5-10/h4-8H,1-3H3,(H,15,16,17,18,19). The van der Waals surface area contributed by atoms with Gasteiger partial charge in [-0.2, -0.15) is 9.97 Å². The van der Waals surface area contributed by atoms with E-state index >= 15 is 0 Å². The smallest absolute Gasteiger partial charge is 0.233 e. The van der Waals surface area contributed by atoms with Crippen LogP contribution in [-0.4, -0.2) is 25.8 Å². The number of rotatable bonds is 3. The van der Waals surface area contributed by atoms with Gasteiger partial charge in [-0.3, -0.25) is 15.1 Å². The van der Waals surface area contributed by atoms with Crippen LogP contribution in [0.2, 0.25) is 0 Å². The lowest BCUT2D eigenvalue weighted by Gasteiger charge is -2.08. The number of carbonyl (C=O) groups excluding carboxylic acids is 1. The van der Waals surface area contributed by atoms with E-state index in [-0.39, 0.29) is 17.8 Å². The molecule has 2 aromatic rings. The fourth-order valence-electron chi connectivity index (χ4n) is 1.42. The van der Waals surface area contributed by atoms with Crippen LogP contribution in [0.25, 0.3) is 11.4 Å². The van der Waals surface area contributed by atoms with E-state index in [2.05, 4.69) is 25.3 Å². The van der Waals surface area contributed by atoms with Crippen molar-refractivity contribution in [1.29, 1.82) is 0 Å². The molecule has 0 saturated carbocycles. The molecule has 2 heterocycles. The third kappa shape index (κ3) is 3.31. The van der Waals surface area contributed by atoms with Crippen LogP contribution in [0.15, 0.2) is 24.5 Å². The zero-order valence-electron chi connectivity index (χ0n) is 11.1. The summed E-state index contributed by atoms with van der Waals surface area (Å²) in [6.07, 6.45) is 3.33. The predicted molar refractivity (Wildman–Crippen MR) is 71.3 cm³/mol. The highest BCUT2D eigenvalue weighted by Gasteiger charge is 2.11. The van der Waals surface area contributed by atoms with Gasteiger partial charge in [0.05, 0.1) is 0 Å². The molecule has 2 rings (SSSR count). The van der Waals surface area contributed by atoms with Crippen molar-refractivity contribution in [3.8, 4) is 11.4 Å².